The number of hydrogen-bond acceptors (Lipinski definition) is 9. The number of fused-ring (bicyclic) bond motifs is 2. The Morgan fingerprint density at radius 2 is 1.43 bits per heavy atom. The molecular formula is C59H58O9P2. The third-order valence-electron chi connectivity index (χ3n) is 10.9. The van der Waals surface area contributed by atoms with Crippen LogP contribution in [0.3, 0.4) is 0 Å². The van der Waals surface area contributed by atoms with E-state index >= 15 is 0 Å². The molecule has 1 aliphatic carbocycles. The van der Waals surface area contributed by atoms with Gasteiger partial charge in [-0.3, -0.25) is 4.79 Å². The number of allylic oxidation sites excluding steroid dienone is 8. The first kappa shape index (κ1) is 50.6. The second-order valence-electron chi connectivity index (χ2n) is 16.1. The van der Waals surface area contributed by atoms with Gasteiger partial charge in [-0.2, -0.15) is 0 Å². The summed E-state index contributed by atoms with van der Waals surface area (Å²) in [6.45, 7) is 11.9. The minimum atomic E-state index is -2.25. The molecule has 6 aromatic carbocycles. The lowest BCUT2D eigenvalue weighted by Gasteiger charge is -2.22. The lowest BCUT2D eigenvalue weighted by molar-refractivity contribution is 0.0979. The molecule has 0 saturated heterocycles. The van der Waals surface area contributed by atoms with Gasteiger partial charge in [-0.1, -0.05) is 122 Å². The van der Waals surface area contributed by atoms with Crippen LogP contribution in [0.5, 0.6) is 34.5 Å². The minimum Gasteiger partial charge on any atom is -0.497 e. The number of ether oxygens (including phenoxy) is 2. The van der Waals surface area contributed by atoms with Crippen molar-refractivity contribution in [1.82, 2.24) is 0 Å². The van der Waals surface area contributed by atoms with E-state index in [1.165, 1.54) is 5.56 Å². The first-order chi connectivity index (χ1) is 34.2. The molecule has 0 fully saturated rings. The van der Waals surface area contributed by atoms with Crippen molar-refractivity contribution in [1.29, 1.82) is 0 Å². The van der Waals surface area contributed by atoms with Crippen molar-refractivity contribution >= 4 is 58.1 Å². The molecule has 0 spiro atoms. The Morgan fingerprint density at radius 1 is 0.700 bits per heavy atom. The molecule has 0 N–H and O–H groups in total. The number of methoxy groups -OCH3 is 2. The number of carbonyl (C=O) groups excluding carboxylic acids is 1. The van der Waals surface area contributed by atoms with E-state index in [0.29, 0.717) is 40.9 Å². The van der Waals surface area contributed by atoms with Crippen molar-refractivity contribution in [2.45, 2.75) is 53.4 Å². The number of hydrogen-bond donors (Lipinski definition) is 0. The Labute approximate surface area is 414 Å². The zero-order valence-electron chi connectivity index (χ0n) is 40.4. The van der Waals surface area contributed by atoms with Crippen molar-refractivity contribution in [3.8, 4) is 34.5 Å². The molecule has 6 aromatic rings. The zero-order chi connectivity index (χ0) is 49.2. The summed E-state index contributed by atoms with van der Waals surface area (Å²) in [5.74, 6) is 3.12. The number of aryl methyl sites for hydroxylation is 2. The number of rotatable bonds is 23. The van der Waals surface area contributed by atoms with Gasteiger partial charge in [0.1, 0.15) is 46.0 Å². The van der Waals surface area contributed by atoms with Gasteiger partial charge in [-0.25, -0.2) is 0 Å². The predicted octanol–water partition coefficient (Wildman–Crippen LogP) is 16.9. The molecule has 0 radical (unpaired) electrons. The molecule has 358 valence electrons. The van der Waals surface area contributed by atoms with E-state index in [0.717, 1.165) is 51.4 Å². The highest BCUT2D eigenvalue weighted by Crippen LogP contribution is 2.48. The molecule has 0 saturated carbocycles. The maximum atomic E-state index is 14.9. The van der Waals surface area contributed by atoms with Crippen LogP contribution in [0.25, 0.3) is 35.1 Å². The van der Waals surface area contributed by atoms with Gasteiger partial charge in [-0.15, -0.1) is 0 Å². The summed E-state index contributed by atoms with van der Waals surface area (Å²) in [5, 5.41) is 2.07. The van der Waals surface area contributed by atoms with E-state index in [1.54, 1.807) is 44.6 Å². The highest BCUT2D eigenvalue weighted by atomic mass is 31.2. The standard InChI is InChI=1S/C59H58O9P2/c1-8-12-13-19-43-20-16-23-52(35-43)63-69(64-53-29-26-44(11-4)46(36-53)17-9-2)67-56(39-50(61-6)18-10-3)40-58(60)57-33-32-51(62-7)41-59(57)68-70(65-54-30-27-45-21-14-15-22-47(45)37-54)66-55-31-28-48-34-42(5)24-25-49(48)38-55/h8-9,11-13,15-20,22-39,41H,4,10,14,21,40H2,1-3,5-7H3/b12-8-,17-9-,19-13-,50-18+,56-39+. The van der Waals surface area contributed by atoms with Crippen LogP contribution >= 0.6 is 17.2 Å². The molecule has 0 aliphatic heterocycles. The molecule has 0 bridgehead atoms. The fraction of sp³-hybridized carbons (Fsp3) is 0.169. The van der Waals surface area contributed by atoms with Crippen molar-refractivity contribution in [3.05, 3.63) is 215 Å². The summed E-state index contributed by atoms with van der Waals surface area (Å²) in [7, 11) is -1.35. The van der Waals surface area contributed by atoms with E-state index in [9.17, 15) is 4.79 Å². The van der Waals surface area contributed by atoms with Crippen LogP contribution in [0.2, 0.25) is 0 Å². The minimum absolute atomic E-state index is 0.191. The van der Waals surface area contributed by atoms with Crippen LogP contribution in [0.15, 0.2) is 176 Å². The zero-order valence-corrected chi connectivity index (χ0v) is 42.2. The van der Waals surface area contributed by atoms with Crippen LogP contribution in [0.4, 0.5) is 0 Å². The number of ketones is 1. The van der Waals surface area contributed by atoms with Crippen molar-refractivity contribution in [2.75, 3.05) is 14.2 Å². The van der Waals surface area contributed by atoms with Crippen LogP contribution in [-0.4, -0.2) is 20.0 Å². The molecule has 9 nitrogen and oxygen atoms in total. The normalized spacial score (nSPS) is 13.5. The van der Waals surface area contributed by atoms with E-state index < -0.39 is 17.2 Å². The monoisotopic (exact) mass is 972 g/mol. The van der Waals surface area contributed by atoms with Gasteiger partial charge in [0.25, 0.3) is 0 Å². The Hall–Kier alpha value is -7.31. The van der Waals surface area contributed by atoms with Gasteiger partial charge in [0.2, 0.25) is 0 Å². The average Bonchev–Trinajstić information content (AvgIpc) is 3.36. The third kappa shape index (κ3) is 14.1. The summed E-state index contributed by atoms with van der Waals surface area (Å²) < 4.78 is 51.0. The highest BCUT2D eigenvalue weighted by Gasteiger charge is 2.28. The van der Waals surface area contributed by atoms with Crippen LogP contribution < -0.4 is 27.4 Å². The maximum Gasteiger partial charge on any atom is 0.530 e. The SMILES string of the molecule is C=Cc1ccc(OP(O/C(=C/C(=C\CC)OC)CC(=O)c2ccc(OC)cc2OP(Oc2ccc3c(c2)C=CCC3)Oc2ccc3cc(C)ccc3c2)Oc2cccc(/C=C\C=C/C)c2)cc1/C=C\C. The molecule has 0 heterocycles. The maximum absolute atomic E-state index is 14.9. The Morgan fingerprint density at radius 3 is 2.20 bits per heavy atom. The summed E-state index contributed by atoms with van der Waals surface area (Å²) in [6, 6.07) is 36.3. The molecule has 11 heteroatoms. The van der Waals surface area contributed by atoms with Crippen molar-refractivity contribution < 1.29 is 41.4 Å². The summed E-state index contributed by atoms with van der Waals surface area (Å²) in [4.78, 5) is 14.9. The van der Waals surface area contributed by atoms with Gasteiger partial charge in [-0.05, 0) is 145 Å². The molecule has 0 amide bonds. The first-order valence-electron chi connectivity index (χ1n) is 23.1. The predicted molar refractivity (Wildman–Crippen MR) is 287 cm³/mol. The van der Waals surface area contributed by atoms with E-state index in [2.05, 4.69) is 49.9 Å². The number of benzene rings is 6. The van der Waals surface area contributed by atoms with Crippen LogP contribution in [0, 0.1) is 6.92 Å². The summed E-state index contributed by atoms with van der Waals surface area (Å²) >= 11 is 0. The van der Waals surface area contributed by atoms with Crippen molar-refractivity contribution in [2.24, 2.45) is 0 Å². The lowest BCUT2D eigenvalue weighted by Crippen LogP contribution is -2.09. The van der Waals surface area contributed by atoms with Gasteiger partial charge >= 0.3 is 17.2 Å². The quantitative estimate of drug-likeness (QED) is 0.0269. The second-order valence-corrected chi connectivity index (χ2v) is 18.0. The molecule has 1 aliphatic rings. The Kier molecular flexibility index (Phi) is 18.3. The van der Waals surface area contributed by atoms with E-state index in [1.807, 2.05) is 136 Å². The lowest BCUT2D eigenvalue weighted by atomic mass is 9.97. The molecule has 7 rings (SSSR count). The largest absolute Gasteiger partial charge is 0.530 e. The third-order valence-corrected chi connectivity index (χ3v) is 13.1. The topological polar surface area (TPSA) is 90.9 Å². The van der Waals surface area contributed by atoms with E-state index in [-0.39, 0.29) is 29.3 Å². The molecule has 2 unspecified atom stereocenters. The highest BCUT2D eigenvalue weighted by molar-refractivity contribution is 7.43. The van der Waals surface area contributed by atoms with Gasteiger partial charge in [0.15, 0.2) is 5.78 Å². The van der Waals surface area contributed by atoms with Gasteiger partial charge in [0, 0.05) is 12.1 Å². The van der Waals surface area contributed by atoms with E-state index in [4.69, 9.17) is 36.6 Å². The smallest absolute Gasteiger partial charge is 0.497 e. The fourth-order valence-electron chi connectivity index (χ4n) is 7.43. The number of carbonyl (C=O) groups is 1. The Balaban J connectivity index is 1.24. The molecule has 2 atom stereocenters. The average molecular weight is 973 g/mol. The molecular weight excluding hydrogens is 915 g/mol. The second kappa shape index (κ2) is 25.3. The van der Waals surface area contributed by atoms with Gasteiger partial charge in [0.05, 0.1) is 26.2 Å². The van der Waals surface area contributed by atoms with Crippen LogP contribution in [0.1, 0.15) is 83.8 Å². The summed E-state index contributed by atoms with van der Waals surface area (Å²) in [6.07, 6.45) is 23.7. The van der Waals surface area contributed by atoms with Crippen molar-refractivity contribution in [3.63, 3.8) is 0 Å². The molecule has 70 heavy (non-hydrogen) atoms. The summed E-state index contributed by atoms with van der Waals surface area (Å²) in [5.41, 5.74) is 6.44. The molecule has 0 aromatic heterocycles. The van der Waals surface area contributed by atoms with Crippen LogP contribution in [-0.2, 0) is 15.7 Å². The Bertz CT molecular complexity index is 2980. The van der Waals surface area contributed by atoms with Gasteiger partial charge < -0.3 is 36.6 Å². The number of Topliss-reactive ketones (excluding diaryl/α,β-unsaturated/α-hetero) is 1. The fourth-order valence-corrected chi connectivity index (χ4v) is 9.41. The first-order valence-corrected chi connectivity index (χ1v) is 25.3.